The summed E-state index contributed by atoms with van der Waals surface area (Å²) in [6.07, 6.45) is 2.06. The van der Waals surface area contributed by atoms with Gasteiger partial charge < -0.3 is 11.5 Å². The number of benzene rings is 5. The van der Waals surface area contributed by atoms with Gasteiger partial charge in [-0.05, 0) is 96.1 Å². The number of hydrazone groups is 2. The number of nitrogens with one attached hydrogen (secondary N) is 2. The number of carbonyl (C=O) groups is 2. The van der Waals surface area contributed by atoms with Gasteiger partial charge in [-0.3, -0.25) is 34.1 Å². The lowest BCUT2D eigenvalue weighted by molar-refractivity contribution is 0.105. The Hall–Kier alpha value is -6.95. The van der Waals surface area contributed by atoms with E-state index in [1.807, 2.05) is 0 Å². The molecule has 0 saturated heterocycles. The highest BCUT2D eigenvalue weighted by molar-refractivity contribution is 7.91. The second kappa shape index (κ2) is 14.5. The van der Waals surface area contributed by atoms with Gasteiger partial charge in [-0.25, -0.2) is 0 Å². The number of nitrogens with two attached hydrogens (primary N) is 2. The lowest BCUT2D eigenvalue weighted by atomic mass is 9.94. The number of carbonyl (C=O) groups excluding carboxylic acids is 2. The topological polar surface area (TPSA) is 323 Å². The zero-order valence-electron chi connectivity index (χ0n) is 29.1. The highest BCUT2D eigenvalue weighted by atomic mass is 32.2. The van der Waals surface area contributed by atoms with Gasteiger partial charge in [0.25, 0.3) is 30.4 Å². The number of nitrogen functional groups attached to an aromatic ring is 2. The zero-order chi connectivity index (χ0) is 41.7. The quantitative estimate of drug-likeness (QED) is 0.0420. The summed E-state index contributed by atoms with van der Waals surface area (Å²) in [6.45, 7) is 0. The molecular formula is C36H26N8O11S3. The molecule has 0 atom stereocenters. The second-order valence-electron chi connectivity index (χ2n) is 12.5. The minimum atomic E-state index is -5.00. The average molecular weight is 843 g/mol. The summed E-state index contributed by atoms with van der Waals surface area (Å²) in [5.41, 5.74) is 17.0. The number of hydrogen-bond donors (Lipinski definition) is 7. The maximum absolute atomic E-state index is 13.7. The first-order valence-electron chi connectivity index (χ1n) is 16.3. The van der Waals surface area contributed by atoms with E-state index < -0.39 is 63.2 Å². The maximum atomic E-state index is 13.7. The molecule has 0 fully saturated rings. The Morgan fingerprint density at radius 1 is 0.534 bits per heavy atom. The summed E-state index contributed by atoms with van der Waals surface area (Å²) in [4.78, 5) is 25.0. The summed E-state index contributed by atoms with van der Waals surface area (Å²) in [6, 6.07) is 20.8. The van der Waals surface area contributed by atoms with Crippen LogP contribution in [0.25, 0.3) is 22.9 Å². The molecule has 22 heteroatoms. The van der Waals surface area contributed by atoms with E-state index in [1.165, 1.54) is 84.9 Å². The molecule has 0 amide bonds. The Balaban J connectivity index is 1.14. The number of allylic oxidation sites excluding steroid dienone is 2. The average Bonchev–Trinajstić information content (AvgIpc) is 3.16. The van der Waals surface area contributed by atoms with Crippen LogP contribution < -0.4 is 22.3 Å². The predicted octanol–water partition coefficient (Wildman–Crippen LogP) is 5.45. The Morgan fingerprint density at radius 2 is 1.09 bits per heavy atom. The van der Waals surface area contributed by atoms with E-state index >= 15 is 0 Å². The zero-order valence-corrected chi connectivity index (χ0v) is 31.5. The van der Waals surface area contributed by atoms with Crippen LogP contribution in [0.5, 0.6) is 0 Å². The van der Waals surface area contributed by atoms with Crippen molar-refractivity contribution in [3.8, 4) is 0 Å². The number of fused-ring (bicyclic) bond motifs is 3. The second-order valence-corrected chi connectivity index (χ2v) is 16.7. The van der Waals surface area contributed by atoms with E-state index in [1.54, 1.807) is 6.07 Å². The van der Waals surface area contributed by atoms with Gasteiger partial charge in [0.05, 0.1) is 27.6 Å². The smallest absolute Gasteiger partial charge is 0.296 e. The van der Waals surface area contributed by atoms with Crippen molar-refractivity contribution < 1.29 is 48.5 Å². The van der Waals surface area contributed by atoms with Crippen LogP contribution in [0.15, 0.2) is 126 Å². The van der Waals surface area contributed by atoms with E-state index in [0.717, 1.165) is 12.2 Å². The van der Waals surface area contributed by atoms with Crippen molar-refractivity contribution in [1.82, 2.24) is 0 Å². The molecule has 2 aliphatic rings. The number of Topliss-reactive ketones (excluding diaryl/α,β-unsaturated/α-hetero) is 2. The minimum absolute atomic E-state index is 0.0230. The molecule has 7 rings (SSSR count). The van der Waals surface area contributed by atoms with Crippen LogP contribution >= 0.6 is 0 Å². The molecule has 0 radical (unpaired) electrons. The summed E-state index contributed by atoms with van der Waals surface area (Å²) in [7, 11) is -14.5. The molecule has 0 spiro atoms. The summed E-state index contributed by atoms with van der Waals surface area (Å²) in [5.74, 6) is -1.83. The van der Waals surface area contributed by atoms with E-state index in [4.69, 9.17) is 11.5 Å². The van der Waals surface area contributed by atoms with Crippen LogP contribution in [0.3, 0.4) is 0 Å². The van der Waals surface area contributed by atoms with Gasteiger partial charge in [-0.15, -0.1) is 5.11 Å². The Morgan fingerprint density at radius 3 is 1.67 bits per heavy atom. The van der Waals surface area contributed by atoms with Gasteiger partial charge in [0, 0.05) is 33.3 Å². The van der Waals surface area contributed by atoms with E-state index in [0.29, 0.717) is 22.1 Å². The van der Waals surface area contributed by atoms with Gasteiger partial charge in [-0.2, -0.15) is 40.6 Å². The van der Waals surface area contributed by atoms with Crippen molar-refractivity contribution in [2.24, 2.45) is 20.4 Å². The van der Waals surface area contributed by atoms with Crippen molar-refractivity contribution in [2.75, 3.05) is 22.3 Å². The first-order valence-corrected chi connectivity index (χ1v) is 20.6. The Labute approximate surface area is 328 Å². The van der Waals surface area contributed by atoms with Crippen molar-refractivity contribution in [1.29, 1.82) is 0 Å². The number of nitrogens with zero attached hydrogens (tertiary/aromatic N) is 4. The van der Waals surface area contributed by atoms with Crippen LogP contribution in [0.1, 0.15) is 31.8 Å². The number of rotatable bonds is 9. The fourth-order valence-corrected chi connectivity index (χ4v) is 7.71. The lowest BCUT2D eigenvalue weighted by Gasteiger charge is -2.18. The van der Waals surface area contributed by atoms with Crippen LogP contribution in [-0.2, 0) is 30.4 Å². The standard InChI is InChI=1S/C36H26N8O11S3/c37-20-3-1-18-13-31(57(50,51)52)33(35(45)26(18)15-20)44-41-23-4-2-19-14-32(58(53,54)55)34(36(46)27(19)16-23)43-40-22-7-5-21(6-8-22)39-42-30-12-11-29(38)25-10-9-24(17-28(25)30)56(47,48)49/h1-17,40-41H,37-38H2,(H,47,48,49)(H,50,51,52)(H,53,54,55). The van der Waals surface area contributed by atoms with Crippen LogP contribution in [0, 0.1) is 0 Å². The molecule has 0 saturated carbocycles. The third kappa shape index (κ3) is 7.86. The van der Waals surface area contributed by atoms with Gasteiger partial charge in [0.1, 0.15) is 9.81 Å². The fraction of sp³-hybridized carbons (Fsp3) is 0. The highest BCUT2D eigenvalue weighted by Gasteiger charge is 2.35. The third-order valence-corrected chi connectivity index (χ3v) is 11.3. The van der Waals surface area contributed by atoms with Crippen molar-refractivity contribution >= 4 is 110 Å². The molecule has 0 heterocycles. The largest absolute Gasteiger partial charge is 0.399 e. The third-order valence-electron chi connectivity index (χ3n) is 8.68. The molecule has 19 nitrogen and oxygen atoms in total. The molecule has 0 aromatic heterocycles. The number of hydrogen-bond acceptors (Lipinski definition) is 16. The van der Waals surface area contributed by atoms with E-state index in [9.17, 15) is 48.5 Å². The minimum Gasteiger partial charge on any atom is -0.399 e. The molecule has 58 heavy (non-hydrogen) atoms. The SMILES string of the molecule is Nc1ccc2c(c1)C(=O)C(=NNc1ccc3c(c1)C(=O)C(=NNc1ccc(N=Nc4ccc(N)c5ccc(S(=O)(=O)O)cc45)cc1)C(S(=O)(=O)O)=C3)C(S(=O)(=O)O)=C2. The van der Waals surface area contributed by atoms with Crippen molar-refractivity contribution in [2.45, 2.75) is 4.90 Å². The predicted molar refractivity (Wildman–Crippen MR) is 216 cm³/mol. The molecule has 0 aliphatic heterocycles. The molecule has 2 aliphatic carbocycles. The summed E-state index contributed by atoms with van der Waals surface area (Å²) in [5, 5.41) is 17.0. The fourth-order valence-electron chi connectivity index (χ4n) is 5.89. The Bertz CT molecular complexity index is 3140. The van der Waals surface area contributed by atoms with Crippen molar-refractivity contribution in [3.63, 3.8) is 0 Å². The van der Waals surface area contributed by atoms with Gasteiger partial charge in [-0.1, -0.05) is 18.2 Å². The highest BCUT2D eigenvalue weighted by Crippen LogP contribution is 2.34. The van der Waals surface area contributed by atoms with Gasteiger partial charge in [0.15, 0.2) is 11.4 Å². The van der Waals surface area contributed by atoms with Crippen molar-refractivity contribution in [3.05, 3.63) is 123 Å². The molecule has 5 aromatic carbocycles. The maximum Gasteiger partial charge on any atom is 0.296 e. The number of ketones is 2. The van der Waals surface area contributed by atoms with Crippen LogP contribution in [-0.4, -0.2) is 61.9 Å². The van der Waals surface area contributed by atoms with Gasteiger partial charge in [0.2, 0.25) is 11.6 Å². The normalized spacial score (nSPS) is 16.0. The van der Waals surface area contributed by atoms with E-state index in [-0.39, 0.29) is 49.9 Å². The molecule has 0 unspecified atom stereocenters. The first kappa shape index (κ1) is 39.3. The molecule has 5 aromatic rings. The van der Waals surface area contributed by atoms with Crippen LogP contribution in [0.4, 0.5) is 34.1 Å². The lowest BCUT2D eigenvalue weighted by Crippen LogP contribution is -2.28. The van der Waals surface area contributed by atoms with Crippen LogP contribution in [0.2, 0.25) is 0 Å². The van der Waals surface area contributed by atoms with E-state index in [2.05, 4.69) is 31.3 Å². The summed E-state index contributed by atoms with van der Waals surface area (Å²) < 4.78 is 102. The van der Waals surface area contributed by atoms with Gasteiger partial charge >= 0.3 is 0 Å². The first-order chi connectivity index (χ1) is 27.3. The molecule has 9 N–H and O–H groups in total. The monoisotopic (exact) mass is 842 g/mol. The number of azo groups is 1. The molecule has 0 bridgehead atoms. The molecule has 294 valence electrons. The molecular weight excluding hydrogens is 817 g/mol. The Kier molecular flexibility index (Phi) is 9.84. The summed E-state index contributed by atoms with van der Waals surface area (Å²) >= 11 is 0. The number of anilines is 4.